The second-order valence-electron chi connectivity index (χ2n) is 6.66. The standard InChI is InChI=1S/C23H15N5O2S2/c24-13-16(22-25-17-9-4-5-11-20(17)32-22)18(29)14-31-23-27-26-21(19-10-6-12-30-19)28(23)15-7-2-1-3-8-15/h1-12,29H,14H2/b18-16-. The van der Waals surface area contributed by atoms with Gasteiger partial charge in [-0.2, -0.15) is 5.26 Å². The van der Waals surface area contributed by atoms with Crippen LogP contribution in [0.15, 0.2) is 88.3 Å². The van der Waals surface area contributed by atoms with Crippen LogP contribution in [0.1, 0.15) is 5.01 Å². The van der Waals surface area contributed by atoms with Crippen molar-refractivity contribution >= 4 is 38.9 Å². The molecule has 32 heavy (non-hydrogen) atoms. The van der Waals surface area contributed by atoms with Crippen LogP contribution in [0.5, 0.6) is 0 Å². The smallest absolute Gasteiger partial charge is 0.205 e. The normalized spacial score (nSPS) is 12.0. The van der Waals surface area contributed by atoms with E-state index in [-0.39, 0.29) is 17.1 Å². The third-order valence-electron chi connectivity index (χ3n) is 4.64. The quantitative estimate of drug-likeness (QED) is 0.198. The van der Waals surface area contributed by atoms with Crippen molar-refractivity contribution in [2.45, 2.75) is 5.16 Å². The van der Waals surface area contributed by atoms with E-state index in [1.165, 1.54) is 23.1 Å². The van der Waals surface area contributed by atoms with E-state index in [0.717, 1.165) is 15.9 Å². The number of nitrogens with zero attached hydrogens (tertiary/aromatic N) is 5. The summed E-state index contributed by atoms with van der Waals surface area (Å²) in [4.78, 5) is 4.49. The molecule has 0 saturated carbocycles. The number of hydrogen-bond donors (Lipinski definition) is 1. The number of para-hydroxylation sites is 2. The van der Waals surface area contributed by atoms with Gasteiger partial charge in [0.2, 0.25) is 5.82 Å². The van der Waals surface area contributed by atoms with Crippen molar-refractivity contribution in [3.05, 3.63) is 83.8 Å². The summed E-state index contributed by atoms with van der Waals surface area (Å²) >= 11 is 2.65. The Kier molecular flexibility index (Phi) is 5.46. The van der Waals surface area contributed by atoms with E-state index in [1.807, 2.05) is 65.2 Å². The number of thioether (sulfide) groups is 1. The maximum atomic E-state index is 10.7. The first-order chi connectivity index (χ1) is 15.7. The highest BCUT2D eigenvalue weighted by Gasteiger charge is 2.20. The van der Waals surface area contributed by atoms with Gasteiger partial charge in [0, 0.05) is 5.69 Å². The monoisotopic (exact) mass is 457 g/mol. The Labute approximate surface area is 191 Å². The number of hydrogen-bond acceptors (Lipinski definition) is 8. The van der Waals surface area contributed by atoms with Crippen LogP contribution in [-0.4, -0.2) is 30.6 Å². The van der Waals surface area contributed by atoms with Crippen LogP contribution in [0.4, 0.5) is 0 Å². The molecule has 0 radical (unpaired) electrons. The highest BCUT2D eigenvalue weighted by Crippen LogP contribution is 2.32. The molecule has 0 spiro atoms. The number of aliphatic hydroxyl groups is 1. The second kappa shape index (κ2) is 8.70. The summed E-state index contributed by atoms with van der Waals surface area (Å²) in [6.07, 6.45) is 1.58. The minimum atomic E-state index is -0.0567. The average molecular weight is 458 g/mol. The molecule has 0 aliphatic rings. The van der Waals surface area contributed by atoms with Gasteiger partial charge in [-0.3, -0.25) is 4.57 Å². The number of allylic oxidation sites excluding steroid dienone is 1. The molecule has 0 bridgehead atoms. The maximum absolute atomic E-state index is 10.7. The lowest BCUT2D eigenvalue weighted by molar-refractivity contribution is 0.420. The summed E-state index contributed by atoms with van der Waals surface area (Å²) in [5.74, 6) is 1.22. The summed E-state index contributed by atoms with van der Waals surface area (Å²) in [5, 5.41) is 30.1. The summed E-state index contributed by atoms with van der Waals surface area (Å²) in [6.45, 7) is 0. The van der Waals surface area contributed by atoms with Crippen LogP contribution in [0.25, 0.3) is 33.1 Å². The zero-order valence-electron chi connectivity index (χ0n) is 16.5. The van der Waals surface area contributed by atoms with Crippen LogP contribution in [0.2, 0.25) is 0 Å². The molecule has 9 heteroatoms. The van der Waals surface area contributed by atoms with Gasteiger partial charge in [-0.1, -0.05) is 42.1 Å². The van der Waals surface area contributed by atoms with E-state index in [0.29, 0.717) is 21.7 Å². The molecule has 0 fully saturated rings. The Morgan fingerprint density at radius 1 is 1.06 bits per heavy atom. The Balaban J connectivity index is 1.48. The van der Waals surface area contributed by atoms with Crippen LogP contribution in [-0.2, 0) is 0 Å². The van der Waals surface area contributed by atoms with E-state index in [4.69, 9.17) is 4.42 Å². The zero-order valence-corrected chi connectivity index (χ0v) is 18.2. The van der Waals surface area contributed by atoms with E-state index >= 15 is 0 Å². The van der Waals surface area contributed by atoms with E-state index in [1.54, 1.807) is 12.3 Å². The summed E-state index contributed by atoms with van der Waals surface area (Å²) in [6, 6.07) is 23.0. The van der Waals surface area contributed by atoms with Crippen LogP contribution >= 0.6 is 23.1 Å². The van der Waals surface area contributed by atoms with Crippen molar-refractivity contribution in [3.63, 3.8) is 0 Å². The first kappa shape index (κ1) is 20.1. The minimum Gasteiger partial charge on any atom is -0.510 e. The molecule has 0 unspecified atom stereocenters. The summed E-state index contributed by atoms with van der Waals surface area (Å²) in [7, 11) is 0. The number of benzene rings is 2. The van der Waals surface area contributed by atoms with Crippen LogP contribution in [0, 0.1) is 11.3 Å². The number of furan rings is 1. The second-order valence-corrected chi connectivity index (χ2v) is 8.64. The van der Waals surface area contributed by atoms with Gasteiger partial charge in [0.1, 0.15) is 22.4 Å². The number of rotatable bonds is 6. The SMILES string of the molecule is N#C/C(=C(/O)CSc1nnc(-c2ccco2)n1-c1ccccc1)c1nc2ccccc2s1. The maximum Gasteiger partial charge on any atom is 0.205 e. The van der Waals surface area contributed by atoms with Gasteiger partial charge in [0.25, 0.3) is 0 Å². The van der Waals surface area contributed by atoms with E-state index < -0.39 is 0 Å². The molecule has 0 aliphatic carbocycles. The molecular formula is C23H15N5O2S2. The van der Waals surface area contributed by atoms with Gasteiger partial charge < -0.3 is 9.52 Å². The van der Waals surface area contributed by atoms with Crippen molar-refractivity contribution in [1.82, 2.24) is 19.7 Å². The molecular weight excluding hydrogens is 442 g/mol. The lowest BCUT2D eigenvalue weighted by atomic mass is 10.2. The lowest BCUT2D eigenvalue weighted by Crippen LogP contribution is -2.00. The molecule has 5 aromatic rings. The fourth-order valence-electron chi connectivity index (χ4n) is 3.16. The Bertz CT molecular complexity index is 1410. The first-order valence-corrected chi connectivity index (χ1v) is 11.4. The van der Waals surface area contributed by atoms with Crippen molar-refractivity contribution in [3.8, 4) is 23.3 Å². The third kappa shape index (κ3) is 3.77. The average Bonchev–Trinajstić information content (AvgIpc) is 3.57. The molecule has 3 heterocycles. The Morgan fingerprint density at radius 3 is 2.62 bits per heavy atom. The predicted octanol–water partition coefficient (Wildman–Crippen LogP) is 5.72. The number of aromatic nitrogens is 4. The topological polar surface area (TPSA) is 101 Å². The van der Waals surface area contributed by atoms with Gasteiger partial charge in [-0.25, -0.2) is 4.98 Å². The molecule has 5 rings (SSSR count). The highest BCUT2D eigenvalue weighted by molar-refractivity contribution is 7.99. The Morgan fingerprint density at radius 2 is 1.88 bits per heavy atom. The van der Waals surface area contributed by atoms with Gasteiger partial charge in [-0.15, -0.1) is 21.5 Å². The predicted molar refractivity (Wildman–Crippen MR) is 125 cm³/mol. The van der Waals surface area contributed by atoms with Crippen molar-refractivity contribution in [2.24, 2.45) is 0 Å². The van der Waals surface area contributed by atoms with Gasteiger partial charge in [0.05, 0.1) is 22.2 Å². The lowest BCUT2D eigenvalue weighted by Gasteiger charge is -2.09. The van der Waals surface area contributed by atoms with E-state index in [9.17, 15) is 10.4 Å². The number of nitriles is 1. The van der Waals surface area contributed by atoms with Crippen LogP contribution < -0.4 is 0 Å². The fraction of sp³-hybridized carbons (Fsp3) is 0.0435. The number of aliphatic hydroxyl groups excluding tert-OH is 1. The van der Waals surface area contributed by atoms with Gasteiger partial charge in [0.15, 0.2) is 10.9 Å². The Hall–Kier alpha value is -3.87. The minimum absolute atomic E-state index is 0.0567. The van der Waals surface area contributed by atoms with Crippen molar-refractivity contribution in [2.75, 3.05) is 5.75 Å². The molecule has 3 aromatic heterocycles. The van der Waals surface area contributed by atoms with E-state index in [2.05, 4.69) is 21.3 Å². The molecule has 0 atom stereocenters. The summed E-state index contributed by atoms with van der Waals surface area (Å²) in [5.41, 5.74) is 1.82. The third-order valence-corrected chi connectivity index (χ3v) is 6.63. The molecule has 2 aromatic carbocycles. The molecule has 156 valence electrons. The molecule has 0 amide bonds. The van der Waals surface area contributed by atoms with Crippen molar-refractivity contribution < 1.29 is 9.52 Å². The molecule has 1 N–H and O–H groups in total. The van der Waals surface area contributed by atoms with Crippen molar-refractivity contribution in [1.29, 1.82) is 5.26 Å². The van der Waals surface area contributed by atoms with Gasteiger partial charge in [-0.05, 0) is 36.4 Å². The first-order valence-electron chi connectivity index (χ1n) is 9.60. The van der Waals surface area contributed by atoms with Gasteiger partial charge >= 0.3 is 0 Å². The largest absolute Gasteiger partial charge is 0.510 e. The molecule has 7 nitrogen and oxygen atoms in total. The van der Waals surface area contributed by atoms with Crippen LogP contribution in [0.3, 0.4) is 0 Å². The number of fused-ring (bicyclic) bond motifs is 1. The highest BCUT2D eigenvalue weighted by atomic mass is 32.2. The molecule has 0 saturated heterocycles. The zero-order chi connectivity index (χ0) is 21.9. The fourth-order valence-corrected chi connectivity index (χ4v) is 4.97. The molecule has 0 aliphatic heterocycles. The summed E-state index contributed by atoms with van der Waals surface area (Å²) < 4.78 is 8.34. The number of thiazole rings is 1.